The van der Waals surface area contributed by atoms with Crippen molar-refractivity contribution in [2.24, 2.45) is 5.92 Å². The predicted octanol–water partition coefficient (Wildman–Crippen LogP) is 2.85. The van der Waals surface area contributed by atoms with E-state index in [1.807, 2.05) is 6.20 Å². The Morgan fingerprint density at radius 3 is 2.81 bits per heavy atom. The Labute approximate surface area is 105 Å². The molecule has 0 spiro atoms. The Balaban J connectivity index is 0.00000225. The second-order valence-electron chi connectivity index (χ2n) is 4.40. The first kappa shape index (κ1) is 15.5. The van der Waals surface area contributed by atoms with E-state index in [2.05, 4.69) is 41.9 Å². The van der Waals surface area contributed by atoms with Crippen LogP contribution in [0.25, 0.3) is 0 Å². The lowest BCUT2D eigenvalue weighted by atomic mass is 10.1. The third-order valence-electron chi connectivity index (χ3n) is 2.44. The maximum atomic E-state index is 4.30. The summed E-state index contributed by atoms with van der Waals surface area (Å²) in [5.74, 6) is 0.776. The number of hydrogen-bond donors (Lipinski definition) is 1. The molecule has 1 aromatic rings. The van der Waals surface area contributed by atoms with Crippen LogP contribution in [0.2, 0.25) is 0 Å². The highest BCUT2D eigenvalue weighted by atomic mass is 35.5. The number of aryl methyl sites for hydroxylation is 1. The smallest absolute Gasteiger partial charge is 0.0522 e. The molecule has 0 aliphatic rings. The molecule has 0 saturated carbocycles. The molecule has 1 rings (SSSR count). The van der Waals surface area contributed by atoms with Gasteiger partial charge in [0, 0.05) is 19.3 Å². The van der Waals surface area contributed by atoms with Crippen molar-refractivity contribution in [1.29, 1.82) is 0 Å². The highest BCUT2D eigenvalue weighted by Gasteiger charge is 2.00. The molecule has 1 N–H and O–H groups in total. The molecule has 0 unspecified atom stereocenters. The molecule has 0 aromatic carbocycles. The van der Waals surface area contributed by atoms with Crippen molar-refractivity contribution in [2.75, 3.05) is 6.54 Å². The van der Waals surface area contributed by atoms with E-state index in [1.54, 1.807) is 0 Å². The van der Waals surface area contributed by atoms with E-state index in [-0.39, 0.29) is 12.4 Å². The van der Waals surface area contributed by atoms with Crippen LogP contribution in [-0.4, -0.2) is 16.3 Å². The third-order valence-corrected chi connectivity index (χ3v) is 2.44. The zero-order valence-corrected chi connectivity index (χ0v) is 11.4. The number of nitrogens with zero attached hydrogens (tertiary/aromatic N) is 2. The highest BCUT2D eigenvalue weighted by molar-refractivity contribution is 5.85. The lowest BCUT2D eigenvalue weighted by Crippen LogP contribution is -2.19. The number of aromatic nitrogens is 2. The summed E-state index contributed by atoms with van der Waals surface area (Å²) in [5.41, 5.74) is 1.29. The van der Waals surface area contributed by atoms with Gasteiger partial charge in [0.25, 0.3) is 0 Å². The first-order valence-electron chi connectivity index (χ1n) is 5.95. The zero-order chi connectivity index (χ0) is 11.1. The molecule has 1 heterocycles. The van der Waals surface area contributed by atoms with Gasteiger partial charge in [0.05, 0.1) is 5.69 Å². The molecule has 0 aliphatic heterocycles. The van der Waals surface area contributed by atoms with Gasteiger partial charge in [-0.15, -0.1) is 12.4 Å². The molecule has 16 heavy (non-hydrogen) atoms. The van der Waals surface area contributed by atoms with E-state index in [4.69, 9.17) is 0 Å². The molecule has 3 nitrogen and oxygen atoms in total. The summed E-state index contributed by atoms with van der Waals surface area (Å²) >= 11 is 0. The fraction of sp³-hybridized carbons (Fsp3) is 0.750. The van der Waals surface area contributed by atoms with Crippen LogP contribution >= 0.6 is 12.4 Å². The number of hydrogen-bond acceptors (Lipinski definition) is 2. The molecule has 1 aromatic heterocycles. The Morgan fingerprint density at radius 2 is 2.19 bits per heavy atom. The van der Waals surface area contributed by atoms with Crippen molar-refractivity contribution < 1.29 is 0 Å². The van der Waals surface area contributed by atoms with Crippen molar-refractivity contribution in [1.82, 2.24) is 15.1 Å². The van der Waals surface area contributed by atoms with Crippen molar-refractivity contribution in [3.63, 3.8) is 0 Å². The molecule has 0 amide bonds. The van der Waals surface area contributed by atoms with Crippen molar-refractivity contribution >= 4 is 12.4 Å². The molecule has 0 aliphatic carbocycles. The number of nitrogens with one attached hydrogen (secondary N) is 1. The van der Waals surface area contributed by atoms with Gasteiger partial charge < -0.3 is 5.32 Å². The van der Waals surface area contributed by atoms with E-state index in [0.29, 0.717) is 0 Å². The minimum absolute atomic E-state index is 0. The summed E-state index contributed by atoms with van der Waals surface area (Å²) in [4.78, 5) is 0. The molecule has 0 atom stereocenters. The van der Waals surface area contributed by atoms with Crippen molar-refractivity contribution in [2.45, 2.75) is 46.7 Å². The van der Waals surface area contributed by atoms with Crippen molar-refractivity contribution in [3.8, 4) is 0 Å². The van der Waals surface area contributed by atoms with Crippen LogP contribution in [0.1, 0.15) is 39.3 Å². The third kappa shape index (κ3) is 5.52. The number of rotatable bonds is 7. The average molecular weight is 246 g/mol. The topological polar surface area (TPSA) is 29.9 Å². The second kappa shape index (κ2) is 8.59. The largest absolute Gasteiger partial charge is 0.311 e. The first-order valence-corrected chi connectivity index (χ1v) is 5.95. The summed E-state index contributed by atoms with van der Waals surface area (Å²) in [7, 11) is 0. The quantitative estimate of drug-likeness (QED) is 0.749. The standard InChI is InChI=1S/C12H23N3.ClH/c1-4-9-15-12(6-8-14-15)10-13-7-5-11(2)3;/h6,8,11,13H,4-5,7,9-10H2,1-3H3;1H. The fourth-order valence-corrected chi connectivity index (χ4v) is 1.53. The van der Waals surface area contributed by atoms with Gasteiger partial charge in [0.2, 0.25) is 0 Å². The lowest BCUT2D eigenvalue weighted by Gasteiger charge is -2.08. The summed E-state index contributed by atoms with van der Waals surface area (Å²) in [6, 6.07) is 2.10. The maximum Gasteiger partial charge on any atom is 0.0522 e. The molecule has 4 heteroatoms. The average Bonchev–Trinajstić information content (AvgIpc) is 2.61. The Kier molecular flexibility index (Phi) is 8.30. The van der Waals surface area contributed by atoms with Crippen LogP contribution in [-0.2, 0) is 13.1 Å². The van der Waals surface area contributed by atoms with Gasteiger partial charge in [-0.3, -0.25) is 4.68 Å². The van der Waals surface area contributed by atoms with Crippen LogP contribution in [0.4, 0.5) is 0 Å². The van der Waals surface area contributed by atoms with Gasteiger partial charge in [-0.25, -0.2) is 0 Å². The van der Waals surface area contributed by atoms with E-state index in [9.17, 15) is 0 Å². The van der Waals surface area contributed by atoms with Gasteiger partial charge in [-0.1, -0.05) is 20.8 Å². The monoisotopic (exact) mass is 245 g/mol. The summed E-state index contributed by atoms with van der Waals surface area (Å²) in [6.07, 6.45) is 4.26. The minimum Gasteiger partial charge on any atom is -0.311 e. The molecular weight excluding hydrogens is 222 g/mol. The van der Waals surface area contributed by atoms with Crippen LogP contribution in [0.3, 0.4) is 0 Å². The van der Waals surface area contributed by atoms with E-state index in [0.717, 1.165) is 32.0 Å². The molecule has 0 fully saturated rings. The fourth-order valence-electron chi connectivity index (χ4n) is 1.53. The number of halogens is 1. The summed E-state index contributed by atoms with van der Waals surface area (Å²) < 4.78 is 2.09. The second-order valence-corrected chi connectivity index (χ2v) is 4.40. The van der Waals surface area contributed by atoms with Gasteiger partial charge in [-0.05, 0) is 31.4 Å². The lowest BCUT2D eigenvalue weighted by molar-refractivity contribution is 0.512. The predicted molar refractivity (Wildman–Crippen MR) is 70.9 cm³/mol. The van der Waals surface area contributed by atoms with Crippen LogP contribution < -0.4 is 5.32 Å². The highest BCUT2D eigenvalue weighted by Crippen LogP contribution is 2.01. The Morgan fingerprint density at radius 1 is 1.44 bits per heavy atom. The Bertz CT molecular complexity index is 271. The summed E-state index contributed by atoms with van der Waals surface area (Å²) in [5, 5.41) is 7.75. The molecular formula is C12H24ClN3. The van der Waals surface area contributed by atoms with Gasteiger partial charge in [-0.2, -0.15) is 5.10 Å². The normalized spacial score (nSPS) is 10.5. The molecule has 0 saturated heterocycles. The maximum absolute atomic E-state index is 4.30. The molecule has 94 valence electrons. The SMILES string of the molecule is CCCn1nccc1CNCCC(C)C.Cl. The minimum atomic E-state index is 0. The van der Waals surface area contributed by atoms with E-state index in [1.165, 1.54) is 12.1 Å². The van der Waals surface area contributed by atoms with Gasteiger partial charge in [0.1, 0.15) is 0 Å². The first-order chi connectivity index (χ1) is 7.24. The van der Waals surface area contributed by atoms with Gasteiger partial charge >= 0.3 is 0 Å². The van der Waals surface area contributed by atoms with Crippen molar-refractivity contribution in [3.05, 3.63) is 18.0 Å². The van der Waals surface area contributed by atoms with Crippen LogP contribution in [0, 0.1) is 5.92 Å². The van der Waals surface area contributed by atoms with Gasteiger partial charge in [0.15, 0.2) is 0 Å². The van der Waals surface area contributed by atoms with E-state index < -0.39 is 0 Å². The van der Waals surface area contributed by atoms with Crippen LogP contribution in [0.15, 0.2) is 12.3 Å². The molecule has 0 radical (unpaired) electrons. The van der Waals surface area contributed by atoms with E-state index >= 15 is 0 Å². The summed E-state index contributed by atoms with van der Waals surface area (Å²) in [6.45, 7) is 9.74. The molecule has 0 bridgehead atoms. The Hall–Kier alpha value is -0.540. The van der Waals surface area contributed by atoms with Crippen LogP contribution in [0.5, 0.6) is 0 Å². The zero-order valence-electron chi connectivity index (χ0n) is 10.6.